The van der Waals surface area contributed by atoms with Crippen molar-refractivity contribution in [1.82, 2.24) is 10.2 Å². The van der Waals surface area contributed by atoms with Gasteiger partial charge in [0.15, 0.2) is 0 Å². The van der Waals surface area contributed by atoms with Crippen molar-refractivity contribution in [1.29, 1.82) is 0 Å². The smallest absolute Gasteiger partial charge is 0.264 e. The molecule has 44 heavy (non-hydrogen) atoms. The van der Waals surface area contributed by atoms with Crippen LogP contribution in [0.25, 0.3) is 0 Å². The number of anilines is 1. The minimum absolute atomic E-state index is 0.000820. The van der Waals surface area contributed by atoms with Crippen molar-refractivity contribution in [2.45, 2.75) is 37.8 Å². The van der Waals surface area contributed by atoms with Gasteiger partial charge in [-0.25, -0.2) is 8.42 Å². The molecule has 0 aromatic heterocycles. The Kier molecular flexibility index (Phi) is 11.4. The van der Waals surface area contributed by atoms with Crippen LogP contribution in [0.15, 0.2) is 114 Å². The van der Waals surface area contributed by atoms with E-state index in [9.17, 15) is 18.0 Å². The highest BCUT2D eigenvalue weighted by atomic mass is 35.5. The Morgan fingerprint density at radius 2 is 1.34 bits per heavy atom. The van der Waals surface area contributed by atoms with Crippen LogP contribution in [0.4, 0.5) is 5.69 Å². The number of hydrogen-bond donors (Lipinski definition) is 1. The SMILES string of the molecule is CC(C)CNC(=O)[C@H](Cc1ccccc1)N(Cc1ccccc1Cl)C(=O)CN(c1ccccc1Cl)S(=O)(=O)c1ccccc1. The summed E-state index contributed by atoms with van der Waals surface area (Å²) in [6.07, 6.45) is 0.207. The zero-order chi connectivity index (χ0) is 31.7. The first-order chi connectivity index (χ1) is 21.1. The molecule has 0 saturated heterocycles. The van der Waals surface area contributed by atoms with E-state index in [2.05, 4.69) is 5.32 Å². The maximum absolute atomic E-state index is 14.5. The number of sulfonamides is 1. The van der Waals surface area contributed by atoms with Gasteiger partial charge in [0, 0.05) is 24.5 Å². The van der Waals surface area contributed by atoms with Gasteiger partial charge in [0.2, 0.25) is 11.8 Å². The third-order valence-corrected chi connectivity index (χ3v) is 9.45. The Balaban J connectivity index is 1.81. The molecule has 0 fully saturated rings. The summed E-state index contributed by atoms with van der Waals surface area (Å²) < 4.78 is 29.0. The van der Waals surface area contributed by atoms with E-state index in [1.165, 1.54) is 17.0 Å². The molecule has 10 heteroatoms. The second kappa shape index (κ2) is 15.2. The van der Waals surface area contributed by atoms with Crippen LogP contribution >= 0.6 is 23.2 Å². The molecule has 0 aliphatic carbocycles. The molecule has 0 bridgehead atoms. The van der Waals surface area contributed by atoms with Gasteiger partial charge in [-0.3, -0.25) is 13.9 Å². The maximum Gasteiger partial charge on any atom is 0.264 e. The van der Waals surface area contributed by atoms with Gasteiger partial charge >= 0.3 is 0 Å². The van der Waals surface area contributed by atoms with E-state index < -0.39 is 28.5 Å². The number of benzene rings is 4. The van der Waals surface area contributed by atoms with Crippen LogP contribution in [0.2, 0.25) is 10.0 Å². The minimum Gasteiger partial charge on any atom is -0.354 e. The van der Waals surface area contributed by atoms with Gasteiger partial charge in [0.1, 0.15) is 12.6 Å². The van der Waals surface area contributed by atoms with Crippen LogP contribution in [0.1, 0.15) is 25.0 Å². The fourth-order valence-corrected chi connectivity index (χ4v) is 6.61. The summed E-state index contributed by atoms with van der Waals surface area (Å²) in [6, 6.07) is 29.8. The van der Waals surface area contributed by atoms with Crippen molar-refractivity contribution in [2.24, 2.45) is 5.92 Å². The van der Waals surface area contributed by atoms with E-state index >= 15 is 0 Å². The van der Waals surface area contributed by atoms with Crippen molar-refractivity contribution in [3.8, 4) is 0 Å². The van der Waals surface area contributed by atoms with Crippen molar-refractivity contribution >= 4 is 50.7 Å². The Labute approximate surface area is 269 Å². The monoisotopic (exact) mass is 651 g/mol. The third kappa shape index (κ3) is 8.40. The number of nitrogens with one attached hydrogen (secondary N) is 1. The number of amides is 2. The topological polar surface area (TPSA) is 86.8 Å². The summed E-state index contributed by atoms with van der Waals surface area (Å²) >= 11 is 13.0. The quantitative estimate of drug-likeness (QED) is 0.176. The summed E-state index contributed by atoms with van der Waals surface area (Å²) in [7, 11) is -4.24. The highest BCUT2D eigenvalue weighted by Crippen LogP contribution is 2.31. The molecule has 0 spiro atoms. The molecular weight excluding hydrogens is 617 g/mol. The second-order valence-electron chi connectivity index (χ2n) is 10.7. The fraction of sp³-hybridized carbons (Fsp3) is 0.235. The number of carbonyl (C=O) groups excluding carboxylic acids is 2. The Morgan fingerprint density at radius 3 is 1.95 bits per heavy atom. The molecule has 4 aromatic carbocycles. The number of para-hydroxylation sites is 1. The number of hydrogen-bond acceptors (Lipinski definition) is 4. The molecule has 2 amide bonds. The Bertz CT molecular complexity index is 1670. The molecule has 7 nitrogen and oxygen atoms in total. The van der Waals surface area contributed by atoms with Crippen LogP contribution in [0.5, 0.6) is 0 Å². The fourth-order valence-electron chi connectivity index (χ4n) is 4.67. The van der Waals surface area contributed by atoms with Gasteiger partial charge in [0.05, 0.1) is 15.6 Å². The van der Waals surface area contributed by atoms with E-state index in [0.717, 1.165) is 9.87 Å². The summed E-state index contributed by atoms with van der Waals surface area (Å²) in [5.74, 6) is -0.765. The molecular formula is C34H35Cl2N3O4S. The van der Waals surface area contributed by atoms with Crippen molar-refractivity contribution < 1.29 is 18.0 Å². The number of nitrogens with zero attached hydrogens (tertiary/aromatic N) is 2. The van der Waals surface area contributed by atoms with Gasteiger partial charge in [-0.15, -0.1) is 0 Å². The molecule has 230 valence electrons. The third-order valence-electron chi connectivity index (χ3n) is 6.99. The Hall–Kier alpha value is -3.85. The molecule has 0 unspecified atom stereocenters. The molecule has 0 saturated carbocycles. The van der Waals surface area contributed by atoms with Crippen LogP contribution in [-0.4, -0.2) is 44.3 Å². The average molecular weight is 653 g/mol. The first kappa shape index (κ1) is 33.1. The lowest BCUT2D eigenvalue weighted by molar-refractivity contribution is -0.140. The first-order valence-corrected chi connectivity index (χ1v) is 16.4. The molecule has 0 aliphatic rings. The van der Waals surface area contributed by atoms with Crippen molar-refractivity contribution in [2.75, 3.05) is 17.4 Å². The highest BCUT2D eigenvalue weighted by molar-refractivity contribution is 7.92. The summed E-state index contributed by atoms with van der Waals surface area (Å²) in [6.45, 7) is 3.75. The largest absolute Gasteiger partial charge is 0.354 e. The minimum atomic E-state index is -4.24. The highest BCUT2D eigenvalue weighted by Gasteiger charge is 2.35. The predicted molar refractivity (Wildman–Crippen MR) is 176 cm³/mol. The lowest BCUT2D eigenvalue weighted by atomic mass is 10.0. The van der Waals surface area contributed by atoms with Crippen LogP contribution in [0, 0.1) is 5.92 Å². The maximum atomic E-state index is 14.5. The van der Waals surface area contributed by atoms with Crippen molar-refractivity contribution in [3.63, 3.8) is 0 Å². The van der Waals surface area contributed by atoms with Crippen molar-refractivity contribution in [3.05, 3.63) is 130 Å². The van der Waals surface area contributed by atoms with Gasteiger partial charge in [-0.2, -0.15) is 0 Å². The zero-order valence-electron chi connectivity index (χ0n) is 24.6. The van der Waals surface area contributed by atoms with Crippen LogP contribution < -0.4 is 9.62 Å². The van der Waals surface area contributed by atoms with E-state index in [1.54, 1.807) is 66.7 Å². The van der Waals surface area contributed by atoms with E-state index in [4.69, 9.17) is 23.2 Å². The predicted octanol–water partition coefficient (Wildman–Crippen LogP) is 6.60. The molecule has 1 atom stereocenters. The number of carbonyl (C=O) groups is 2. The second-order valence-corrected chi connectivity index (χ2v) is 13.4. The molecule has 4 rings (SSSR count). The Morgan fingerprint density at radius 1 is 0.773 bits per heavy atom. The zero-order valence-corrected chi connectivity index (χ0v) is 26.9. The van der Waals surface area contributed by atoms with Gasteiger partial charge < -0.3 is 10.2 Å². The number of halogens is 2. The van der Waals surface area contributed by atoms with Gasteiger partial charge in [-0.1, -0.05) is 116 Å². The molecule has 0 radical (unpaired) electrons. The van der Waals surface area contributed by atoms with Crippen LogP contribution in [-0.2, 0) is 32.6 Å². The van der Waals surface area contributed by atoms with Gasteiger partial charge in [0.25, 0.3) is 10.0 Å². The van der Waals surface area contributed by atoms with E-state index in [-0.39, 0.29) is 40.4 Å². The average Bonchev–Trinajstić information content (AvgIpc) is 3.02. The van der Waals surface area contributed by atoms with E-state index in [0.29, 0.717) is 17.1 Å². The van der Waals surface area contributed by atoms with E-state index in [1.807, 2.05) is 44.2 Å². The summed E-state index contributed by atoms with van der Waals surface area (Å²) in [5, 5.41) is 3.55. The molecule has 1 N–H and O–H groups in total. The lowest BCUT2D eigenvalue weighted by Crippen LogP contribution is -2.53. The first-order valence-electron chi connectivity index (χ1n) is 14.2. The van der Waals surface area contributed by atoms with Gasteiger partial charge in [-0.05, 0) is 47.4 Å². The van der Waals surface area contributed by atoms with Crippen LogP contribution in [0.3, 0.4) is 0 Å². The summed E-state index contributed by atoms with van der Waals surface area (Å²) in [5.41, 5.74) is 1.61. The lowest BCUT2D eigenvalue weighted by Gasteiger charge is -2.34. The molecule has 0 heterocycles. The molecule has 0 aliphatic heterocycles. The normalized spacial score (nSPS) is 12.0. The molecule has 4 aromatic rings. The summed E-state index contributed by atoms with van der Waals surface area (Å²) in [4.78, 5) is 29.7. The number of rotatable bonds is 13. The standard InChI is InChI=1S/C34H35Cl2N3O4S/c1-25(2)22-37-34(41)32(21-26-13-5-3-6-14-26)38(23-27-15-9-10-18-29(27)35)33(40)24-39(31-20-12-11-19-30(31)36)44(42,43)28-16-7-4-8-17-28/h3-20,25,32H,21-24H2,1-2H3,(H,37,41)/t32-/m0/s1.